The van der Waals surface area contributed by atoms with Crippen LogP contribution in [-0.2, 0) is 0 Å². The lowest BCUT2D eigenvalue weighted by Crippen LogP contribution is -2.21. The Morgan fingerprint density at radius 1 is 0.473 bits per heavy atom. The largest absolute Gasteiger partial charge is 0.478 e. The van der Waals surface area contributed by atoms with Gasteiger partial charge in [-0.15, -0.1) is 0 Å². The molecule has 5 aromatic carbocycles. The molecule has 0 bridgehead atoms. The highest BCUT2D eigenvalue weighted by molar-refractivity contribution is 5.89. The number of benzene rings is 5. The Hall–Kier alpha value is -5.89. The number of carboxylic acid groups (broad SMARTS) is 2. The molecule has 0 amide bonds. The van der Waals surface area contributed by atoms with Crippen LogP contribution < -0.4 is 14.7 Å². The van der Waals surface area contributed by atoms with Crippen LogP contribution in [0.2, 0.25) is 0 Å². The summed E-state index contributed by atoms with van der Waals surface area (Å²) in [5, 5.41) is 17.8. The molecule has 0 atom stereocenters. The molecule has 8 heteroatoms. The number of carbonyl (C=O) groups excluding carboxylic acids is 1. The first-order chi connectivity index (χ1) is 26.1. The first-order valence-corrected chi connectivity index (χ1v) is 18.8. The molecule has 0 aromatic heterocycles. The van der Waals surface area contributed by atoms with Gasteiger partial charge in [0, 0.05) is 67.8 Å². The molecule has 5 rings (SSSR count). The zero-order chi connectivity index (χ0) is 39.5. The van der Waals surface area contributed by atoms with E-state index in [1.807, 2.05) is 18.2 Å². The second-order valence-corrected chi connectivity index (χ2v) is 12.4. The number of hydrogen-bond acceptors (Lipinski definition) is 6. The fraction of sp³-hybridized carbons (Fsp3) is 0.298. The average Bonchev–Trinajstić information content (AvgIpc) is 3.21. The number of nitrogens with zero attached hydrogens (tertiary/aromatic N) is 3. The van der Waals surface area contributed by atoms with E-state index >= 15 is 0 Å². The van der Waals surface area contributed by atoms with Crippen molar-refractivity contribution in [3.8, 4) is 0 Å². The maximum Gasteiger partial charge on any atom is 0.335 e. The minimum absolute atomic E-state index is 0. The van der Waals surface area contributed by atoms with Crippen LogP contribution in [-0.4, -0.2) is 67.7 Å². The number of carboxylic acids is 2. The van der Waals surface area contributed by atoms with Crippen LogP contribution in [0.3, 0.4) is 0 Å². The van der Waals surface area contributed by atoms with E-state index in [1.54, 1.807) is 12.1 Å². The zero-order valence-corrected chi connectivity index (χ0v) is 32.5. The molecular formula is C47H59N3O5. The molecule has 0 fully saturated rings. The van der Waals surface area contributed by atoms with E-state index in [0.29, 0.717) is 17.4 Å². The van der Waals surface area contributed by atoms with Crippen molar-refractivity contribution in [2.45, 2.75) is 54.9 Å². The number of rotatable bonds is 15. The van der Waals surface area contributed by atoms with Crippen molar-refractivity contribution in [2.24, 2.45) is 0 Å². The predicted octanol–water partition coefficient (Wildman–Crippen LogP) is 10.6. The highest BCUT2D eigenvalue weighted by atomic mass is 16.4. The topological polar surface area (TPSA) is 101 Å². The quantitative estimate of drug-likeness (QED) is 0.0807. The third-order valence-corrected chi connectivity index (χ3v) is 9.38. The standard InChI is InChI=1S/C28H34N2O2.C10H15N.C8H6O3.CH4/c1-5-29(6-2)25-17-13-22(14-18-25)27(21-9-11-24(12-10-21)28(31)32)23-15-19-26(20-16-23)30(7-3)8-4;1-3-11(4-2)10-8-6-5-7-9-10;9-5-6-1-3-7(4-2-6)8(10)11;/h9-20,27H,5-8H2,1-4H3,(H,31,32);5-9H,3-4H2,1-2H3;1-5H,(H,10,11);1H4. The lowest BCUT2D eigenvalue weighted by atomic mass is 9.84. The molecule has 0 unspecified atom stereocenters. The molecule has 2 N–H and O–H groups in total. The van der Waals surface area contributed by atoms with Gasteiger partial charge in [0.15, 0.2) is 0 Å². The maximum atomic E-state index is 11.3. The van der Waals surface area contributed by atoms with Crippen LogP contribution >= 0.6 is 0 Å². The number of carbonyl (C=O) groups is 3. The lowest BCUT2D eigenvalue weighted by Gasteiger charge is -2.25. The number of anilines is 3. The van der Waals surface area contributed by atoms with Crippen molar-refractivity contribution < 1.29 is 24.6 Å². The summed E-state index contributed by atoms with van der Waals surface area (Å²) in [6.45, 7) is 19.1. The fourth-order valence-corrected chi connectivity index (χ4v) is 6.26. The minimum atomic E-state index is -0.984. The molecule has 0 saturated carbocycles. The molecular weight excluding hydrogens is 687 g/mol. The Labute approximate surface area is 328 Å². The summed E-state index contributed by atoms with van der Waals surface area (Å²) in [7, 11) is 0. The van der Waals surface area contributed by atoms with Gasteiger partial charge >= 0.3 is 11.9 Å². The van der Waals surface area contributed by atoms with Gasteiger partial charge in [-0.05, 0) is 119 Å². The predicted molar refractivity (Wildman–Crippen MR) is 230 cm³/mol. The lowest BCUT2D eigenvalue weighted by molar-refractivity contribution is 0.0686. The van der Waals surface area contributed by atoms with Crippen LogP contribution in [0.1, 0.15) is 103 Å². The second-order valence-electron chi connectivity index (χ2n) is 12.4. The average molecular weight is 746 g/mol. The molecule has 0 radical (unpaired) electrons. The van der Waals surface area contributed by atoms with Crippen LogP contribution in [0.5, 0.6) is 0 Å². The van der Waals surface area contributed by atoms with E-state index in [1.165, 1.54) is 52.5 Å². The van der Waals surface area contributed by atoms with Gasteiger partial charge in [0.25, 0.3) is 0 Å². The Morgan fingerprint density at radius 3 is 1.05 bits per heavy atom. The summed E-state index contributed by atoms with van der Waals surface area (Å²) in [5.74, 6) is -1.85. The van der Waals surface area contributed by atoms with Crippen LogP contribution in [0.4, 0.5) is 17.1 Å². The molecule has 0 heterocycles. The normalized spacial score (nSPS) is 10.1. The van der Waals surface area contributed by atoms with E-state index in [2.05, 4.69) is 129 Å². The third-order valence-electron chi connectivity index (χ3n) is 9.38. The van der Waals surface area contributed by atoms with Crippen LogP contribution in [0.25, 0.3) is 0 Å². The van der Waals surface area contributed by atoms with Gasteiger partial charge in [0.05, 0.1) is 11.1 Å². The Bertz CT molecular complexity index is 1780. The number of aromatic carboxylic acids is 2. The SMILES string of the molecule is C.CCN(CC)c1ccc(C(c2ccc(C(=O)O)cc2)c2ccc(N(CC)CC)cc2)cc1.CCN(CC)c1ccccc1.O=Cc1ccc(C(=O)O)cc1. The molecule has 0 aliphatic carbocycles. The molecule has 55 heavy (non-hydrogen) atoms. The highest BCUT2D eigenvalue weighted by Gasteiger charge is 2.18. The molecule has 0 spiro atoms. The van der Waals surface area contributed by atoms with Crippen molar-refractivity contribution in [3.63, 3.8) is 0 Å². The van der Waals surface area contributed by atoms with E-state index in [-0.39, 0.29) is 18.9 Å². The van der Waals surface area contributed by atoms with Crippen molar-refractivity contribution in [3.05, 3.63) is 161 Å². The highest BCUT2D eigenvalue weighted by Crippen LogP contribution is 2.34. The Balaban J connectivity index is 0.000000369. The van der Waals surface area contributed by atoms with E-state index < -0.39 is 11.9 Å². The monoisotopic (exact) mass is 745 g/mol. The summed E-state index contributed by atoms with van der Waals surface area (Å²) < 4.78 is 0. The molecule has 5 aromatic rings. The van der Waals surface area contributed by atoms with Gasteiger partial charge in [0.2, 0.25) is 0 Å². The van der Waals surface area contributed by atoms with Gasteiger partial charge < -0.3 is 24.9 Å². The van der Waals surface area contributed by atoms with Crippen molar-refractivity contribution in [1.82, 2.24) is 0 Å². The number of aldehydes is 1. The Morgan fingerprint density at radius 2 is 0.764 bits per heavy atom. The van der Waals surface area contributed by atoms with Crippen molar-refractivity contribution in [1.29, 1.82) is 0 Å². The minimum Gasteiger partial charge on any atom is -0.478 e. The van der Waals surface area contributed by atoms with E-state index in [9.17, 15) is 19.5 Å². The van der Waals surface area contributed by atoms with Gasteiger partial charge in [-0.25, -0.2) is 9.59 Å². The van der Waals surface area contributed by atoms with Crippen molar-refractivity contribution >= 4 is 35.3 Å². The van der Waals surface area contributed by atoms with Gasteiger partial charge in [-0.1, -0.05) is 74.2 Å². The fourth-order valence-electron chi connectivity index (χ4n) is 6.26. The number of hydrogen-bond donors (Lipinski definition) is 2. The maximum absolute atomic E-state index is 11.3. The summed E-state index contributed by atoms with van der Waals surface area (Å²) in [6.07, 6.45) is 0.672. The van der Waals surface area contributed by atoms with Crippen LogP contribution in [0.15, 0.2) is 127 Å². The zero-order valence-electron chi connectivity index (χ0n) is 32.5. The van der Waals surface area contributed by atoms with Crippen molar-refractivity contribution in [2.75, 3.05) is 54.0 Å². The first-order valence-electron chi connectivity index (χ1n) is 18.8. The summed E-state index contributed by atoms with van der Waals surface area (Å²) in [4.78, 5) is 38.8. The van der Waals surface area contributed by atoms with E-state index in [4.69, 9.17) is 5.11 Å². The van der Waals surface area contributed by atoms with E-state index in [0.717, 1.165) is 44.8 Å². The Kier molecular flexibility index (Phi) is 19.5. The first kappa shape index (κ1) is 45.3. The molecule has 0 aliphatic heterocycles. The summed E-state index contributed by atoms with van der Waals surface area (Å²) >= 11 is 0. The number of para-hydroxylation sites is 1. The smallest absolute Gasteiger partial charge is 0.335 e. The van der Waals surface area contributed by atoms with Gasteiger partial charge in [0.1, 0.15) is 6.29 Å². The summed E-state index contributed by atoms with van der Waals surface area (Å²) in [6, 6.07) is 41.0. The third kappa shape index (κ3) is 13.2. The molecule has 8 nitrogen and oxygen atoms in total. The van der Waals surface area contributed by atoms with Crippen LogP contribution in [0, 0.1) is 0 Å². The van der Waals surface area contributed by atoms with Gasteiger partial charge in [-0.2, -0.15) is 0 Å². The molecule has 292 valence electrons. The molecule has 0 aliphatic rings. The van der Waals surface area contributed by atoms with Gasteiger partial charge in [-0.3, -0.25) is 4.79 Å². The molecule has 0 saturated heterocycles. The summed E-state index contributed by atoms with van der Waals surface area (Å²) in [5.41, 5.74) is 8.20. The second kappa shape index (κ2) is 23.7.